The lowest BCUT2D eigenvalue weighted by molar-refractivity contribution is -0.144. The molecule has 0 fully saturated rings. The van der Waals surface area contributed by atoms with Crippen molar-refractivity contribution in [3.63, 3.8) is 0 Å². The Bertz CT molecular complexity index is 852. The molecule has 3 atom stereocenters. The fourth-order valence-corrected chi connectivity index (χ4v) is 3.01. The van der Waals surface area contributed by atoms with Crippen molar-refractivity contribution in [1.29, 1.82) is 0 Å². The SMILES string of the molecule is CC(=O)OCC(O)COC1=CC2OC(=O)C(c3ccc(OCCO)cc3)=CC2C=C1. The summed E-state index contributed by atoms with van der Waals surface area (Å²) in [5.41, 5.74) is 1.17. The van der Waals surface area contributed by atoms with Crippen LogP contribution in [-0.4, -0.2) is 60.8 Å². The Kier molecular flexibility index (Phi) is 7.26. The molecule has 1 heterocycles. The van der Waals surface area contributed by atoms with Crippen LogP contribution in [0.2, 0.25) is 0 Å². The highest BCUT2D eigenvalue weighted by molar-refractivity contribution is 6.17. The van der Waals surface area contributed by atoms with Crippen LogP contribution in [-0.2, 0) is 23.8 Å². The Hall–Kier alpha value is -3.10. The predicted octanol–water partition coefficient (Wildman–Crippen LogP) is 1.38. The van der Waals surface area contributed by atoms with Gasteiger partial charge in [0.25, 0.3) is 0 Å². The van der Waals surface area contributed by atoms with Gasteiger partial charge in [-0.2, -0.15) is 0 Å². The molecule has 160 valence electrons. The first-order valence-corrected chi connectivity index (χ1v) is 9.57. The predicted molar refractivity (Wildman–Crippen MR) is 106 cm³/mol. The van der Waals surface area contributed by atoms with Crippen molar-refractivity contribution < 1.29 is 38.7 Å². The van der Waals surface area contributed by atoms with Crippen molar-refractivity contribution in [2.75, 3.05) is 26.4 Å². The Morgan fingerprint density at radius 2 is 1.93 bits per heavy atom. The number of carbonyl (C=O) groups is 2. The lowest BCUT2D eigenvalue weighted by Crippen LogP contribution is -2.31. The quantitative estimate of drug-likeness (QED) is 0.581. The molecule has 30 heavy (non-hydrogen) atoms. The lowest BCUT2D eigenvalue weighted by atomic mass is 9.90. The maximum Gasteiger partial charge on any atom is 0.339 e. The second kappa shape index (κ2) is 10.1. The first kappa shape index (κ1) is 21.6. The zero-order valence-corrected chi connectivity index (χ0v) is 16.5. The standard InChI is InChI=1S/C22H24O8/c1-14(24)28-12-17(25)13-29-19-7-4-16-10-20(22(26)30-21(16)11-19)15-2-5-18(6-3-15)27-9-8-23/h2-7,10-11,16-17,21,23,25H,8-9,12-13H2,1H3. The van der Waals surface area contributed by atoms with E-state index in [2.05, 4.69) is 0 Å². The molecule has 1 aromatic rings. The number of aliphatic hydroxyl groups is 2. The van der Waals surface area contributed by atoms with E-state index in [-0.39, 0.29) is 32.3 Å². The number of aliphatic hydroxyl groups excluding tert-OH is 2. The van der Waals surface area contributed by atoms with Crippen LogP contribution < -0.4 is 4.74 Å². The van der Waals surface area contributed by atoms with Crippen LogP contribution in [0.15, 0.2) is 54.3 Å². The van der Waals surface area contributed by atoms with Gasteiger partial charge in [-0.05, 0) is 29.8 Å². The number of hydrogen-bond donors (Lipinski definition) is 2. The van der Waals surface area contributed by atoms with Gasteiger partial charge in [-0.15, -0.1) is 0 Å². The molecular weight excluding hydrogens is 392 g/mol. The number of allylic oxidation sites excluding steroid dienone is 1. The van der Waals surface area contributed by atoms with E-state index in [0.717, 1.165) is 0 Å². The van der Waals surface area contributed by atoms with Crippen molar-refractivity contribution in [1.82, 2.24) is 0 Å². The Morgan fingerprint density at radius 1 is 1.17 bits per heavy atom. The Labute approximate surface area is 174 Å². The second-order valence-electron chi connectivity index (χ2n) is 6.82. The van der Waals surface area contributed by atoms with Gasteiger partial charge in [0.1, 0.15) is 43.5 Å². The van der Waals surface area contributed by atoms with E-state index in [4.69, 9.17) is 24.1 Å². The summed E-state index contributed by atoms with van der Waals surface area (Å²) in [5, 5.41) is 18.6. The zero-order valence-electron chi connectivity index (χ0n) is 16.5. The molecule has 8 nitrogen and oxygen atoms in total. The van der Waals surface area contributed by atoms with Gasteiger partial charge in [-0.1, -0.05) is 24.3 Å². The average molecular weight is 416 g/mol. The van der Waals surface area contributed by atoms with E-state index in [1.165, 1.54) is 6.92 Å². The van der Waals surface area contributed by atoms with Gasteiger partial charge in [0.05, 0.1) is 12.2 Å². The fraction of sp³-hybridized carbons (Fsp3) is 0.364. The van der Waals surface area contributed by atoms with Crippen molar-refractivity contribution in [3.8, 4) is 5.75 Å². The monoisotopic (exact) mass is 416 g/mol. The van der Waals surface area contributed by atoms with Gasteiger partial charge in [-0.3, -0.25) is 4.79 Å². The fourth-order valence-electron chi connectivity index (χ4n) is 3.01. The number of rotatable bonds is 9. The summed E-state index contributed by atoms with van der Waals surface area (Å²) >= 11 is 0. The van der Waals surface area contributed by atoms with Crippen LogP contribution in [0.5, 0.6) is 5.75 Å². The molecule has 0 spiro atoms. The van der Waals surface area contributed by atoms with Crippen LogP contribution in [0.1, 0.15) is 12.5 Å². The number of hydrogen-bond acceptors (Lipinski definition) is 8. The van der Waals surface area contributed by atoms with E-state index in [1.807, 2.05) is 12.2 Å². The molecule has 0 saturated carbocycles. The molecule has 1 aromatic carbocycles. The largest absolute Gasteiger partial charge is 0.491 e. The van der Waals surface area contributed by atoms with Crippen molar-refractivity contribution >= 4 is 17.5 Å². The normalized spacial score (nSPS) is 21.0. The summed E-state index contributed by atoms with van der Waals surface area (Å²) in [5.74, 6) is 0.0156. The van der Waals surface area contributed by atoms with Crippen LogP contribution in [0.3, 0.4) is 0 Å². The van der Waals surface area contributed by atoms with E-state index in [1.54, 1.807) is 36.4 Å². The molecule has 8 heteroatoms. The summed E-state index contributed by atoms with van der Waals surface area (Å²) in [4.78, 5) is 23.3. The molecule has 0 saturated heterocycles. The highest BCUT2D eigenvalue weighted by atomic mass is 16.6. The minimum atomic E-state index is -0.953. The van der Waals surface area contributed by atoms with E-state index in [9.17, 15) is 14.7 Å². The van der Waals surface area contributed by atoms with Gasteiger partial charge < -0.3 is 29.2 Å². The number of esters is 2. The van der Waals surface area contributed by atoms with Crippen molar-refractivity contribution in [2.24, 2.45) is 5.92 Å². The number of fused-ring (bicyclic) bond motifs is 1. The van der Waals surface area contributed by atoms with Gasteiger partial charge in [0.2, 0.25) is 0 Å². The van der Waals surface area contributed by atoms with Gasteiger partial charge in [0.15, 0.2) is 0 Å². The maximum absolute atomic E-state index is 12.5. The molecule has 3 unspecified atom stereocenters. The zero-order chi connectivity index (χ0) is 21.5. The molecule has 3 rings (SSSR count). The van der Waals surface area contributed by atoms with Gasteiger partial charge in [-0.25, -0.2) is 4.79 Å². The molecule has 2 N–H and O–H groups in total. The number of benzene rings is 1. The molecule has 2 aliphatic rings. The highest BCUT2D eigenvalue weighted by Crippen LogP contribution is 2.32. The third-order valence-corrected chi connectivity index (χ3v) is 4.46. The van der Waals surface area contributed by atoms with Crippen LogP contribution in [0.4, 0.5) is 0 Å². The molecule has 1 aliphatic heterocycles. The third kappa shape index (κ3) is 5.71. The molecule has 0 radical (unpaired) electrons. The molecular formula is C22H24O8. The van der Waals surface area contributed by atoms with Crippen LogP contribution in [0, 0.1) is 5.92 Å². The van der Waals surface area contributed by atoms with Gasteiger partial charge in [0, 0.05) is 12.8 Å². The summed E-state index contributed by atoms with van der Waals surface area (Å²) < 4.78 is 21.1. The van der Waals surface area contributed by atoms with E-state index >= 15 is 0 Å². The van der Waals surface area contributed by atoms with Crippen molar-refractivity contribution in [3.05, 3.63) is 59.9 Å². The van der Waals surface area contributed by atoms with E-state index < -0.39 is 24.1 Å². The minimum absolute atomic E-state index is 0.0550. The van der Waals surface area contributed by atoms with Crippen LogP contribution in [0.25, 0.3) is 5.57 Å². The smallest absolute Gasteiger partial charge is 0.339 e. The summed E-state index contributed by atoms with van der Waals surface area (Å²) in [6.07, 6.45) is 5.69. The van der Waals surface area contributed by atoms with Crippen LogP contribution >= 0.6 is 0 Å². The van der Waals surface area contributed by atoms with Gasteiger partial charge >= 0.3 is 11.9 Å². The average Bonchev–Trinajstić information content (AvgIpc) is 2.74. The summed E-state index contributed by atoms with van der Waals surface area (Å²) in [7, 11) is 0. The molecule has 0 bridgehead atoms. The number of ether oxygens (including phenoxy) is 4. The molecule has 1 aliphatic carbocycles. The molecule has 0 aromatic heterocycles. The lowest BCUT2D eigenvalue weighted by Gasteiger charge is -2.29. The first-order valence-electron chi connectivity index (χ1n) is 9.57. The highest BCUT2D eigenvalue weighted by Gasteiger charge is 2.31. The second-order valence-corrected chi connectivity index (χ2v) is 6.82. The van der Waals surface area contributed by atoms with E-state index in [0.29, 0.717) is 22.6 Å². The minimum Gasteiger partial charge on any atom is -0.491 e. The maximum atomic E-state index is 12.5. The summed E-state index contributed by atoms with van der Waals surface area (Å²) in [6, 6.07) is 6.99. The summed E-state index contributed by atoms with van der Waals surface area (Å²) in [6.45, 7) is 1.19. The van der Waals surface area contributed by atoms with Crippen molar-refractivity contribution in [2.45, 2.75) is 19.1 Å². The third-order valence-electron chi connectivity index (χ3n) is 4.46. The molecule has 0 amide bonds. The first-order chi connectivity index (χ1) is 14.5. The Balaban J connectivity index is 1.61. The Morgan fingerprint density at radius 3 is 2.63 bits per heavy atom. The number of carbonyl (C=O) groups excluding carboxylic acids is 2. The topological polar surface area (TPSA) is 112 Å².